The molecule has 1 aromatic carbocycles. The van der Waals surface area contributed by atoms with Gasteiger partial charge in [-0.05, 0) is 55.8 Å². The second kappa shape index (κ2) is 10.9. The molecule has 0 spiro atoms. The molecule has 2 fully saturated rings. The van der Waals surface area contributed by atoms with E-state index in [2.05, 4.69) is 17.2 Å². The highest BCUT2D eigenvalue weighted by molar-refractivity contribution is 5.79. The Hall–Kier alpha value is -2.41. The highest BCUT2D eigenvalue weighted by Crippen LogP contribution is 2.25. The van der Waals surface area contributed by atoms with Gasteiger partial charge in [-0.1, -0.05) is 25.8 Å². The quantitative estimate of drug-likeness (QED) is 0.608. The van der Waals surface area contributed by atoms with Crippen LogP contribution >= 0.6 is 0 Å². The minimum Gasteiger partial charge on any atom is -0.493 e. The summed E-state index contributed by atoms with van der Waals surface area (Å²) < 4.78 is 22.3. The molecule has 0 radical (unpaired) electrons. The Bertz CT molecular complexity index is 861. The zero-order chi connectivity index (χ0) is 22.3. The smallest absolute Gasteiger partial charge is 0.227 e. The molecule has 7 heteroatoms. The molecule has 4 rings (SSSR count). The molecule has 174 valence electrons. The minimum absolute atomic E-state index is 0.0449. The summed E-state index contributed by atoms with van der Waals surface area (Å²) in [6.45, 7) is 6.46. The van der Waals surface area contributed by atoms with E-state index in [0.29, 0.717) is 36.9 Å². The van der Waals surface area contributed by atoms with E-state index in [1.165, 1.54) is 31.7 Å². The fourth-order valence-electron chi connectivity index (χ4n) is 4.58. The van der Waals surface area contributed by atoms with E-state index in [0.717, 1.165) is 25.4 Å². The van der Waals surface area contributed by atoms with Gasteiger partial charge in [-0.3, -0.25) is 4.79 Å². The first kappa shape index (κ1) is 22.8. The lowest BCUT2D eigenvalue weighted by Gasteiger charge is -2.39. The number of carbonyl (C=O) groups excluding carboxylic acids is 1. The molecule has 0 bridgehead atoms. The molecule has 6 nitrogen and oxygen atoms in total. The molecule has 1 atom stereocenters. The van der Waals surface area contributed by atoms with Gasteiger partial charge in [0.1, 0.15) is 11.6 Å². The van der Waals surface area contributed by atoms with Crippen LogP contribution in [0.15, 0.2) is 36.9 Å². The van der Waals surface area contributed by atoms with Gasteiger partial charge in [0.15, 0.2) is 0 Å². The van der Waals surface area contributed by atoms with Crippen molar-refractivity contribution < 1.29 is 13.9 Å². The number of likely N-dealkylation sites (tertiary alicyclic amines) is 1. The zero-order valence-electron chi connectivity index (χ0n) is 19.0. The number of hydrogen-bond acceptors (Lipinski definition) is 4. The number of nitrogens with zero attached hydrogens (tertiary/aromatic N) is 3. The van der Waals surface area contributed by atoms with Gasteiger partial charge in [0.2, 0.25) is 5.91 Å². The molecule has 0 saturated carbocycles. The molecule has 32 heavy (non-hydrogen) atoms. The SMILES string of the molecule is C[C@H](CCOc1ccc(CC(=O)N2CC(n3ccnc3)C2)c(F)c1)CCC1CCNCC1. The molecule has 2 aliphatic heterocycles. The lowest BCUT2D eigenvalue weighted by atomic mass is 9.89. The van der Waals surface area contributed by atoms with E-state index in [1.54, 1.807) is 29.6 Å². The van der Waals surface area contributed by atoms with Gasteiger partial charge in [-0.25, -0.2) is 9.37 Å². The van der Waals surface area contributed by atoms with Gasteiger partial charge in [0.25, 0.3) is 0 Å². The van der Waals surface area contributed by atoms with E-state index in [1.807, 2.05) is 10.8 Å². The number of ether oxygens (including phenoxy) is 1. The van der Waals surface area contributed by atoms with Gasteiger partial charge in [0.05, 0.1) is 25.4 Å². The summed E-state index contributed by atoms with van der Waals surface area (Å²) in [6, 6.07) is 5.13. The first-order valence-corrected chi connectivity index (χ1v) is 12.0. The second-order valence-corrected chi connectivity index (χ2v) is 9.41. The van der Waals surface area contributed by atoms with Crippen molar-refractivity contribution in [3.05, 3.63) is 48.3 Å². The molecule has 0 unspecified atom stereocenters. The molecule has 1 amide bonds. The molecule has 3 heterocycles. The van der Waals surface area contributed by atoms with E-state index in [-0.39, 0.29) is 24.2 Å². The number of aromatic nitrogens is 2. The maximum Gasteiger partial charge on any atom is 0.227 e. The highest BCUT2D eigenvalue weighted by Gasteiger charge is 2.31. The van der Waals surface area contributed by atoms with Crippen LogP contribution in [0.3, 0.4) is 0 Å². The molecule has 0 aliphatic carbocycles. The van der Waals surface area contributed by atoms with Crippen molar-refractivity contribution in [1.29, 1.82) is 0 Å². The lowest BCUT2D eigenvalue weighted by molar-refractivity contribution is -0.136. The van der Waals surface area contributed by atoms with Crippen molar-refractivity contribution in [2.75, 3.05) is 32.8 Å². The van der Waals surface area contributed by atoms with Crippen molar-refractivity contribution in [3.63, 3.8) is 0 Å². The Morgan fingerprint density at radius 2 is 2.09 bits per heavy atom. The van der Waals surface area contributed by atoms with Crippen LogP contribution in [0.4, 0.5) is 4.39 Å². The summed E-state index contributed by atoms with van der Waals surface area (Å²) in [6.07, 6.45) is 11.6. The van der Waals surface area contributed by atoms with E-state index >= 15 is 0 Å². The van der Waals surface area contributed by atoms with Crippen LogP contribution in [0, 0.1) is 17.7 Å². The molecule has 2 aromatic rings. The van der Waals surface area contributed by atoms with Crippen LogP contribution in [-0.2, 0) is 11.2 Å². The van der Waals surface area contributed by atoms with Crippen molar-refractivity contribution >= 4 is 5.91 Å². The molecular formula is C25H35FN4O2. The van der Waals surface area contributed by atoms with Crippen LogP contribution in [0.1, 0.15) is 50.6 Å². The predicted octanol–water partition coefficient (Wildman–Crippen LogP) is 3.83. The number of halogens is 1. The van der Waals surface area contributed by atoms with E-state index < -0.39 is 0 Å². The van der Waals surface area contributed by atoms with Gasteiger partial charge in [-0.15, -0.1) is 0 Å². The van der Waals surface area contributed by atoms with E-state index in [4.69, 9.17) is 4.74 Å². The number of piperidine rings is 1. The number of carbonyl (C=O) groups is 1. The second-order valence-electron chi connectivity index (χ2n) is 9.41. The monoisotopic (exact) mass is 442 g/mol. The summed E-state index contributed by atoms with van der Waals surface area (Å²) >= 11 is 0. The normalized spacial score (nSPS) is 18.4. The summed E-state index contributed by atoms with van der Waals surface area (Å²) in [4.78, 5) is 18.3. The lowest BCUT2D eigenvalue weighted by Crippen LogP contribution is -2.51. The maximum atomic E-state index is 14.5. The standard InChI is InChI=1S/C25H35FN4O2/c1-19(2-3-20-6-9-27-10-7-20)8-13-32-23-5-4-21(24(26)15-23)14-25(31)30-16-22(17-30)29-12-11-28-18-29/h4-5,11-12,15,18-20,22,27H,2-3,6-10,13-14,16-17H2,1H3/t19-/m0/s1. The number of rotatable bonds is 10. The highest BCUT2D eigenvalue weighted by atomic mass is 19.1. The Morgan fingerprint density at radius 1 is 1.28 bits per heavy atom. The van der Waals surface area contributed by atoms with Gasteiger partial charge >= 0.3 is 0 Å². The molecule has 1 aromatic heterocycles. The number of hydrogen-bond donors (Lipinski definition) is 1. The number of amides is 1. The summed E-state index contributed by atoms with van der Waals surface area (Å²) in [5.74, 6) is 1.58. The third-order valence-corrected chi connectivity index (χ3v) is 6.93. The van der Waals surface area contributed by atoms with Crippen molar-refractivity contribution in [1.82, 2.24) is 19.8 Å². The van der Waals surface area contributed by atoms with E-state index in [9.17, 15) is 9.18 Å². The largest absolute Gasteiger partial charge is 0.493 e. The Morgan fingerprint density at radius 3 is 2.81 bits per heavy atom. The van der Waals surface area contributed by atoms with Crippen molar-refractivity contribution in [2.45, 2.75) is 51.5 Å². The zero-order valence-corrected chi connectivity index (χ0v) is 19.0. The molecule has 2 saturated heterocycles. The van der Waals surface area contributed by atoms with Gasteiger partial charge in [-0.2, -0.15) is 0 Å². The number of imidazole rings is 1. The van der Waals surface area contributed by atoms with Crippen LogP contribution < -0.4 is 10.1 Å². The third-order valence-electron chi connectivity index (χ3n) is 6.93. The minimum atomic E-state index is -0.374. The molecule has 1 N–H and O–H groups in total. The first-order chi connectivity index (χ1) is 15.6. The van der Waals surface area contributed by atoms with Gasteiger partial charge < -0.3 is 19.5 Å². The summed E-state index contributed by atoms with van der Waals surface area (Å²) in [5.41, 5.74) is 0.420. The topological polar surface area (TPSA) is 59.4 Å². The van der Waals surface area contributed by atoms with Crippen LogP contribution in [0.2, 0.25) is 0 Å². The van der Waals surface area contributed by atoms with Crippen LogP contribution in [0.25, 0.3) is 0 Å². The first-order valence-electron chi connectivity index (χ1n) is 12.0. The number of nitrogens with one attached hydrogen (secondary N) is 1. The average Bonchev–Trinajstić information content (AvgIpc) is 3.28. The Balaban J connectivity index is 1.16. The Kier molecular flexibility index (Phi) is 7.79. The van der Waals surface area contributed by atoms with Crippen molar-refractivity contribution in [2.24, 2.45) is 11.8 Å². The summed E-state index contributed by atoms with van der Waals surface area (Å²) in [5, 5.41) is 3.42. The third kappa shape index (κ3) is 6.09. The Labute approximate surface area is 190 Å². The fourth-order valence-corrected chi connectivity index (χ4v) is 4.58. The summed E-state index contributed by atoms with van der Waals surface area (Å²) in [7, 11) is 0. The molecule has 2 aliphatic rings. The molecular weight excluding hydrogens is 407 g/mol. The predicted molar refractivity (Wildman–Crippen MR) is 122 cm³/mol. The van der Waals surface area contributed by atoms with Crippen LogP contribution in [0.5, 0.6) is 5.75 Å². The van der Waals surface area contributed by atoms with Gasteiger partial charge in [0, 0.05) is 31.5 Å². The average molecular weight is 443 g/mol. The van der Waals surface area contributed by atoms with Crippen molar-refractivity contribution in [3.8, 4) is 5.75 Å². The fraction of sp³-hybridized carbons (Fsp3) is 0.600. The number of benzene rings is 1. The maximum absolute atomic E-state index is 14.5. The van der Waals surface area contributed by atoms with Crippen LogP contribution in [-0.4, -0.2) is 53.1 Å².